The number of nitrogens with one attached hydrogen (secondary N) is 1. The molecule has 0 bridgehead atoms. The molecule has 2 saturated carbocycles. The van der Waals surface area contributed by atoms with Crippen molar-refractivity contribution in [2.75, 3.05) is 11.4 Å². The van der Waals surface area contributed by atoms with E-state index in [0.29, 0.717) is 23.4 Å². The smallest absolute Gasteiger partial charge is 0.259 e. The van der Waals surface area contributed by atoms with Gasteiger partial charge in [-0.05, 0) is 55.0 Å². The van der Waals surface area contributed by atoms with Gasteiger partial charge in [0.1, 0.15) is 6.54 Å². The van der Waals surface area contributed by atoms with E-state index < -0.39 is 0 Å². The molecule has 0 saturated heterocycles. The monoisotopic (exact) mass is 320 g/mol. The molecule has 2 fully saturated rings. The molecule has 2 aliphatic carbocycles. The second-order valence-corrected chi connectivity index (χ2v) is 7.34. The molecular weight excluding hydrogens is 300 g/mol. The van der Waals surface area contributed by atoms with Gasteiger partial charge in [0, 0.05) is 17.0 Å². The molecule has 2 amide bonds. The number of carbonyl (C=O) groups excluding carboxylic acids is 2. The Morgan fingerprint density at radius 1 is 1.08 bits per heavy atom. The minimum Gasteiger partial charge on any atom is -0.351 e. The second kappa shape index (κ2) is 5.07. The summed E-state index contributed by atoms with van der Waals surface area (Å²) in [6.07, 6.45) is 4.92. The average molecular weight is 320 g/mol. The Balaban J connectivity index is 1.39. The molecule has 1 N–H and O–H groups in total. The summed E-state index contributed by atoms with van der Waals surface area (Å²) in [6.45, 7) is 0.114. The topological polar surface area (TPSA) is 49.4 Å². The summed E-state index contributed by atoms with van der Waals surface area (Å²) in [5.41, 5.74) is 1.56. The van der Waals surface area contributed by atoms with Crippen molar-refractivity contribution in [1.82, 2.24) is 5.32 Å². The largest absolute Gasteiger partial charge is 0.351 e. The fourth-order valence-corrected chi connectivity index (χ4v) is 4.04. The lowest BCUT2D eigenvalue weighted by Crippen LogP contribution is -2.45. The number of anilines is 1. The third kappa shape index (κ3) is 2.20. The van der Waals surface area contributed by atoms with Crippen molar-refractivity contribution < 1.29 is 9.59 Å². The number of benzene rings is 2. The number of carbonyl (C=O) groups is 2. The molecule has 0 radical (unpaired) electrons. The molecule has 24 heavy (non-hydrogen) atoms. The van der Waals surface area contributed by atoms with Gasteiger partial charge in [-0.1, -0.05) is 24.3 Å². The molecule has 2 aromatic rings. The van der Waals surface area contributed by atoms with E-state index in [1.165, 1.54) is 25.7 Å². The minimum absolute atomic E-state index is 0.0306. The Hall–Kier alpha value is -2.36. The van der Waals surface area contributed by atoms with Gasteiger partial charge in [0.2, 0.25) is 5.91 Å². The standard InChI is InChI=1S/C20H20N2O2/c23-17(21-19(13-7-8-13)14-9-10-14)11-22-16-6-2-4-12-3-1-5-15(18(12)16)20(22)24/h1-6,13-14,19H,7-11H2,(H,21,23). The van der Waals surface area contributed by atoms with E-state index >= 15 is 0 Å². The van der Waals surface area contributed by atoms with E-state index in [9.17, 15) is 9.59 Å². The van der Waals surface area contributed by atoms with Gasteiger partial charge in [-0.3, -0.25) is 14.5 Å². The van der Waals surface area contributed by atoms with Crippen LogP contribution in [-0.4, -0.2) is 24.4 Å². The van der Waals surface area contributed by atoms with Crippen LogP contribution in [0, 0.1) is 11.8 Å². The van der Waals surface area contributed by atoms with Crippen molar-refractivity contribution in [3.63, 3.8) is 0 Å². The maximum Gasteiger partial charge on any atom is 0.259 e. The van der Waals surface area contributed by atoms with Gasteiger partial charge in [0.05, 0.1) is 5.69 Å². The van der Waals surface area contributed by atoms with Crippen LogP contribution in [0.4, 0.5) is 5.69 Å². The highest BCUT2D eigenvalue weighted by atomic mass is 16.2. The van der Waals surface area contributed by atoms with Gasteiger partial charge in [0.15, 0.2) is 0 Å². The van der Waals surface area contributed by atoms with Crippen LogP contribution in [0.3, 0.4) is 0 Å². The van der Waals surface area contributed by atoms with Gasteiger partial charge in [0.25, 0.3) is 5.91 Å². The summed E-state index contributed by atoms with van der Waals surface area (Å²) in [4.78, 5) is 27.0. The molecule has 1 aliphatic heterocycles. The van der Waals surface area contributed by atoms with Crippen molar-refractivity contribution in [3.05, 3.63) is 42.0 Å². The summed E-state index contributed by atoms with van der Waals surface area (Å²) in [5, 5.41) is 5.24. The van der Waals surface area contributed by atoms with E-state index in [1.807, 2.05) is 36.4 Å². The summed E-state index contributed by atoms with van der Waals surface area (Å²) in [5.74, 6) is 1.23. The number of rotatable bonds is 5. The normalized spacial score (nSPS) is 19.4. The first-order valence-electron chi connectivity index (χ1n) is 8.85. The van der Waals surface area contributed by atoms with Crippen LogP contribution in [0.2, 0.25) is 0 Å². The molecule has 5 rings (SSSR count). The molecule has 4 heteroatoms. The van der Waals surface area contributed by atoms with E-state index in [4.69, 9.17) is 0 Å². The Morgan fingerprint density at radius 2 is 1.75 bits per heavy atom. The molecule has 0 unspecified atom stereocenters. The van der Waals surface area contributed by atoms with Gasteiger partial charge in [-0.25, -0.2) is 0 Å². The maximum absolute atomic E-state index is 12.7. The Morgan fingerprint density at radius 3 is 2.42 bits per heavy atom. The molecule has 2 aromatic carbocycles. The van der Waals surface area contributed by atoms with Crippen LogP contribution >= 0.6 is 0 Å². The SMILES string of the molecule is O=C(CN1C(=O)c2cccc3cccc1c23)NC(C1CC1)C1CC1. The predicted molar refractivity (Wildman–Crippen MR) is 93.0 cm³/mol. The van der Waals surface area contributed by atoms with Crippen molar-refractivity contribution in [3.8, 4) is 0 Å². The molecule has 0 aromatic heterocycles. The first-order chi connectivity index (χ1) is 11.7. The summed E-state index contributed by atoms with van der Waals surface area (Å²) in [6, 6.07) is 12.0. The van der Waals surface area contributed by atoms with E-state index in [1.54, 1.807) is 4.90 Å². The lowest BCUT2D eigenvalue weighted by Gasteiger charge is -2.21. The van der Waals surface area contributed by atoms with Crippen molar-refractivity contribution >= 4 is 28.3 Å². The molecular formula is C20H20N2O2. The van der Waals surface area contributed by atoms with Crippen LogP contribution < -0.4 is 10.2 Å². The zero-order valence-corrected chi connectivity index (χ0v) is 13.5. The molecule has 122 valence electrons. The third-order valence-electron chi connectivity index (χ3n) is 5.54. The number of hydrogen-bond donors (Lipinski definition) is 1. The van der Waals surface area contributed by atoms with Crippen molar-refractivity contribution in [2.24, 2.45) is 11.8 Å². The van der Waals surface area contributed by atoms with Crippen LogP contribution in [0.1, 0.15) is 36.0 Å². The molecule has 0 spiro atoms. The molecule has 1 heterocycles. The van der Waals surface area contributed by atoms with Crippen LogP contribution in [0.15, 0.2) is 36.4 Å². The number of nitrogens with zero attached hydrogens (tertiary/aromatic N) is 1. The summed E-state index contributed by atoms with van der Waals surface area (Å²) >= 11 is 0. The lowest BCUT2D eigenvalue weighted by molar-refractivity contribution is -0.120. The van der Waals surface area contributed by atoms with Gasteiger partial charge in [-0.15, -0.1) is 0 Å². The molecule has 3 aliphatic rings. The highest BCUT2D eigenvalue weighted by Gasteiger charge is 2.42. The predicted octanol–water partition coefficient (Wildman–Crippen LogP) is 3.10. The van der Waals surface area contributed by atoms with E-state index in [2.05, 4.69) is 5.32 Å². The Bertz CT molecular complexity index is 835. The van der Waals surface area contributed by atoms with Crippen LogP contribution in [0.25, 0.3) is 10.8 Å². The zero-order valence-electron chi connectivity index (χ0n) is 13.5. The fourth-order valence-electron chi connectivity index (χ4n) is 4.04. The zero-order chi connectivity index (χ0) is 16.3. The Kier molecular flexibility index (Phi) is 2.96. The fraction of sp³-hybridized carbons (Fsp3) is 0.400. The van der Waals surface area contributed by atoms with Crippen LogP contribution in [-0.2, 0) is 4.79 Å². The molecule has 4 nitrogen and oxygen atoms in total. The third-order valence-corrected chi connectivity index (χ3v) is 5.54. The van der Waals surface area contributed by atoms with E-state index in [0.717, 1.165) is 16.5 Å². The lowest BCUT2D eigenvalue weighted by atomic mass is 10.1. The second-order valence-electron chi connectivity index (χ2n) is 7.34. The first-order valence-corrected chi connectivity index (χ1v) is 8.85. The number of amides is 2. The summed E-state index contributed by atoms with van der Waals surface area (Å²) < 4.78 is 0. The average Bonchev–Trinajstić information content (AvgIpc) is 3.49. The first kappa shape index (κ1) is 14.0. The highest BCUT2D eigenvalue weighted by Crippen LogP contribution is 2.44. The van der Waals surface area contributed by atoms with Crippen molar-refractivity contribution in [2.45, 2.75) is 31.7 Å². The van der Waals surface area contributed by atoms with Gasteiger partial charge < -0.3 is 5.32 Å². The highest BCUT2D eigenvalue weighted by molar-refractivity contribution is 6.26. The maximum atomic E-state index is 12.7. The Labute approximate surface area is 140 Å². The van der Waals surface area contributed by atoms with Gasteiger partial charge >= 0.3 is 0 Å². The van der Waals surface area contributed by atoms with Gasteiger partial charge in [-0.2, -0.15) is 0 Å². The quantitative estimate of drug-likeness (QED) is 0.920. The summed E-state index contributed by atoms with van der Waals surface area (Å²) in [7, 11) is 0. The minimum atomic E-state index is -0.0636. The number of hydrogen-bond acceptors (Lipinski definition) is 2. The van der Waals surface area contributed by atoms with Crippen LogP contribution in [0.5, 0.6) is 0 Å². The van der Waals surface area contributed by atoms with E-state index in [-0.39, 0.29) is 18.4 Å². The molecule has 0 atom stereocenters. The van der Waals surface area contributed by atoms with Crippen molar-refractivity contribution in [1.29, 1.82) is 0 Å².